The Morgan fingerprint density at radius 1 is 0.978 bits per heavy atom. The van der Waals surface area contributed by atoms with Crippen molar-refractivity contribution < 1.29 is 24.6 Å². The van der Waals surface area contributed by atoms with E-state index in [1.165, 1.54) is 0 Å². The average Bonchev–Trinajstić information content (AvgIpc) is 3.06. The largest absolute Gasteiger partial charge is 0.389 e. The highest BCUT2D eigenvalue weighted by atomic mass is 16.3. The average molecular weight is 637 g/mol. The number of carbonyl (C=O) groups is 3. The van der Waals surface area contributed by atoms with Crippen LogP contribution in [-0.2, 0) is 20.8 Å². The number of rotatable bonds is 19. The van der Waals surface area contributed by atoms with Crippen LogP contribution < -0.4 is 10.6 Å². The van der Waals surface area contributed by atoms with Crippen molar-refractivity contribution in [2.45, 2.75) is 109 Å². The molecule has 0 heterocycles. The van der Waals surface area contributed by atoms with Crippen LogP contribution in [0.2, 0.25) is 0 Å². The SMILES string of the molecule is C#CC[C@H](O)[C@H](O)[C@H](CC1CCCCC1)NC(=O)[C@H](CC#CC)NC(=O)[C@@H](CC(=O)N(C)CCN(CC)CC)Cc1ccccc1. The van der Waals surface area contributed by atoms with Crippen LogP contribution in [0.5, 0.6) is 0 Å². The predicted molar refractivity (Wildman–Crippen MR) is 182 cm³/mol. The summed E-state index contributed by atoms with van der Waals surface area (Å²) in [5.74, 6) is 6.62. The first-order valence-electron chi connectivity index (χ1n) is 16.9. The first-order valence-corrected chi connectivity index (χ1v) is 16.9. The zero-order valence-electron chi connectivity index (χ0n) is 28.3. The summed E-state index contributed by atoms with van der Waals surface area (Å²) in [4.78, 5) is 44.8. The van der Waals surface area contributed by atoms with Gasteiger partial charge >= 0.3 is 0 Å². The van der Waals surface area contributed by atoms with Crippen molar-refractivity contribution in [3.8, 4) is 24.2 Å². The fourth-order valence-electron chi connectivity index (χ4n) is 6.04. The smallest absolute Gasteiger partial charge is 0.243 e. The van der Waals surface area contributed by atoms with Gasteiger partial charge in [-0.05, 0) is 44.3 Å². The van der Waals surface area contributed by atoms with E-state index in [9.17, 15) is 24.6 Å². The molecule has 1 fully saturated rings. The number of aliphatic hydroxyl groups excluding tert-OH is 2. The van der Waals surface area contributed by atoms with Gasteiger partial charge in [0.25, 0.3) is 0 Å². The first-order chi connectivity index (χ1) is 22.1. The van der Waals surface area contributed by atoms with Gasteiger partial charge < -0.3 is 30.6 Å². The zero-order valence-corrected chi connectivity index (χ0v) is 28.3. The van der Waals surface area contributed by atoms with Gasteiger partial charge in [-0.2, -0.15) is 0 Å². The minimum absolute atomic E-state index is 0.00935. The van der Waals surface area contributed by atoms with Crippen LogP contribution in [-0.4, -0.2) is 95.3 Å². The summed E-state index contributed by atoms with van der Waals surface area (Å²) >= 11 is 0. The maximum absolute atomic E-state index is 13.8. The van der Waals surface area contributed by atoms with Crippen molar-refractivity contribution in [3.63, 3.8) is 0 Å². The maximum atomic E-state index is 13.8. The summed E-state index contributed by atoms with van der Waals surface area (Å²) in [6, 6.07) is 7.76. The summed E-state index contributed by atoms with van der Waals surface area (Å²) in [6.07, 6.45) is 9.10. The van der Waals surface area contributed by atoms with E-state index < -0.39 is 42.0 Å². The third kappa shape index (κ3) is 13.5. The molecule has 0 aliphatic heterocycles. The van der Waals surface area contributed by atoms with Gasteiger partial charge in [-0.25, -0.2) is 0 Å². The number of hydrogen-bond donors (Lipinski definition) is 4. The lowest BCUT2D eigenvalue weighted by atomic mass is 9.82. The van der Waals surface area contributed by atoms with Crippen LogP contribution in [0.1, 0.15) is 84.1 Å². The number of hydrogen-bond acceptors (Lipinski definition) is 6. The first kappa shape index (κ1) is 38.8. The molecule has 0 bridgehead atoms. The number of terminal acetylenes is 1. The molecule has 0 unspecified atom stereocenters. The quantitative estimate of drug-likeness (QED) is 0.173. The predicted octanol–water partition coefficient (Wildman–Crippen LogP) is 3.13. The summed E-state index contributed by atoms with van der Waals surface area (Å²) in [5.41, 5.74) is 0.911. The number of benzene rings is 1. The molecule has 0 spiro atoms. The van der Waals surface area contributed by atoms with E-state index in [0.29, 0.717) is 25.3 Å². The van der Waals surface area contributed by atoms with Gasteiger partial charge in [0.15, 0.2) is 0 Å². The van der Waals surface area contributed by atoms with Crippen molar-refractivity contribution in [2.75, 3.05) is 33.2 Å². The van der Waals surface area contributed by atoms with Crippen molar-refractivity contribution in [3.05, 3.63) is 35.9 Å². The van der Waals surface area contributed by atoms with Crippen LogP contribution >= 0.6 is 0 Å². The van der Waals surface area contributed by atoms with Gasteiger partial charge in [-0.3, -0.25) is 14.4 Å². The third-order valence-electron chi connectivity index (χ3n) is 9.08. The molecule has 3 amide bonds. The molecule has 2 rings (SSSR count). The molecule has 1 aromatic rings. The highest BCUT2D eigenvalue weighted by Crippen LogP contribution is 2.28. The Hall–Kier alpha value is -3.37. The van der Waals surface area contributed by atoms with E-state index >= 15 is 0 Å². The Labute approximate surface area is 276 Å². The van der Waals surface area contributed by atoms with Crippen LogP contribution in [0.25, 0.3) is 0 Å². The second kappa shape index (κ2) is 21.4. The monoisotopic (exact) mass is 636 g/mol. The summed E-state index contributed by atoms with van der Waals surface area (Å²) in [7, 11) is 1.75. The Morgan fingerprint density at radius 3 is 2.26 bits per heavy atom. The number of aliphatic hydroxyl groups is 2. The third-order valence-corrected chi connectivity index (χ3v) is 9.08. The number of carbonyl (C=O) groups excluding carboxylic acids is 3. The van der Waals surface area contributed by atoms with E-state index in [1.54, 1.807) is 18.9 Å². The lowest BCUT2D eigenvalue weighted by Gasteiger charge is -2.33. The molecule has 46 heavy (non-hydrogen) atoms. The van der Waals surface area contributed by atoms with E-state index in [0.717, 1.165) is 57.3 Å². The molecular formula is C37H56N4O5. The fourth-order valence-corrected chi connectivity index (χ4v) is 6.04. The molecule has 1 aromatic carbocycles. The number of amides is 3. The van der Waals surface area contributed by atoms with E-state index in [2.05, 4.69) is 47.1 Å². The molecule has 5 atom stereocenters. The minimum atomic E-state index is -1.26. The Bertz CT molecular complexity index is 1160. The van der Waals surface area contributed by atoms with Crippen molar-refractivity contribution in [2.24, 2.45) is 11.8 Å². The summed E-state index contributed by atoms with van der Waals surface area (Å²) in [5, 5.41) is 27.3. The Morgan fingerprint density at radius 2 is 1.65 bits per heavy atom. The second-order valence-electron chi connectivity index (χ2n) is 12.4. The maximum Gasteiger partial charge on any atom is 0.243 e. The van der Waals surface area contributed by atoms with Gasteiger partial charge in [0.05, 0.1) is 18.1 Å². The van der Waals surface area contributed by atoms with E-state index in [4.69, 9.17) is 6.42 Å². The molecule has 9 nitrogen and oxygen atoms in total. The van der Waals surface area contributed by atoms with Crippen LogP contribution in [0.4, 0.5) is 0 Å². The second-order valence-corrected chi connectivity index (χ2v) is 12.4. The summed E-state index contributed by atoms with van der Waals surface area (Å²) < 4.78 is 0. The van der Waals surface area contributed by atoms with Crippen molar-refractivity contribution in [1.29, 1.82) is 0 Å². The lowest BCUT2D eigenvalue weighted by Crippen LogP contribution is -2.55. The topological polar surface area (TPSA) is 122 Å². The number of nitrogens with one attached hydrogen (secondary N) is 2. The molecule has 4 N–H and O–H groups in total. The van der Waals surface area contributed by atoms with E-state index in [1.807, 2.05) is 30.3 Å². The van der Waals surface area contributed by atoms with Crippen LogP contribution in [0.15, 0.2) is 30.3 Å². The van der Waals surface area contributed by atoms with E-state index in [-0.39, 0.29) is 25.2 Å². The molecule has 0 saturated heterocycles. The fraction of sp³-hybridized carbons (Fsp3) is 0.649. The zero-order chi connectivity index (χ0) is 33.9. The standard InChI is InChI=1S/C37H56N4O5/c1-6-10-22-31(37(46)39-32(35(44)33(42)17-7-2)26-29-20-15-12-16-21-29)38-36(45)30(25-28-18-13-11-14-19-28)27-34(43)40(5)23-24-41(8-3)9-4/h2,11,13-14,18-19,29-33,35,42,44H,8-9,12,15-17,20-27H2,1,3-5H3,(H,38,45)(H,39,46)/t30-,31+,32+,33+,35-/m1/s1. The molecule has 1 aliphatic carbocycles. The van der Waals surface area contributed by atoms with Crippen LogP contribution in [0.3, 0.4) is 0 Å². The van der Waals surface area contributed by atoms with Gasteiger partial charge in [-0.1, -0.05) is 76.3 Å². The molecule has 0 aromatic heterocycles. The molecular weight excluding hydrogens is 580 g/mol. The van der Waals surface area contributed by atoms with Gasteiger partial charge in [0.1, 0.15) is 12.1 Å². The van der Waals surface area contributed by atoms with Gasteiger partial charge in [0, 0.05) is 39.4 Å². The molecule has 9 heteroatoms. The molecule has 0 radical (unpaired) electrons. The highest BCUT2D eigenvalue weighted by molar-refractivity contribution is 5.91. The molecule has 254 valence electrons. The van der Waals surface area contributed by atoms with Crippen molar-refractivity contribution in [1.82, 2.24) is 20.4 Å². The molecule has 1 saturated carbocycles. The van der Waals surface area contributed by atoms with Crippen molar-refractivity contribution >= 4 is 17.7 Å². The van der Waals surface area contributed by atoms with Gasteiger partial charge in [0.2, 0.25) is 17.7 Å². The minimum Gasteiger partial charge on any atom is -0.389 e. The van der Waals surface area contributed by atoms with Crippen LogP contribution in [0, 0.1) is 36.0 Å². The number of nitrogens with zero attached hydrogens (tertiary/aromatic N) is 2. The number of likely N-dealkylation sites (N-methyl/N-ethyl adjacent to an activating group) is 2. The Kier molecular flexibility index (Phi) is 18.1. The summed E-state index contributed by atoms with van der Waals surface area (Å²) in [6.45, 7) is 8.90. The normalized spacial score (nSPS) is 16.6. The lowest BCUT2D eigenvalue weighted by molar-refractivity contribution is -0.137. The Balaban J connectivity index is 2.24. The molecule has 1 aliphatic rings. The van der Waals surface area contributed by atoms with Gasteiger partial charge in [-0.15, -0.1) is 24.2 Å². The highest BCUT2D eigenvalue weighted by Gasteiger charge is 2.34.